The SMILES string of the molecule is Cc1cc(CC(N)CC(C)NC(=O)OC(C)(C)C)ccc1Cl. The highest BCUT2D eigenvalue weighted by molar-refractivity contribution is 6.31. The van der Waals surface area contributed by atoms with Gasteiger partial charge in [0.15, 0.2) is 0 Å². The third-order valence-corrected chi connectivity index (χ3v) is 3.56. The number of carbonyl (C=O) groups is 1. The molecule has 3 N–H and O–H groups in total. The highest BCUT2D eigenvalue weighted by Gasteiger charge is 2.18. The lowest BCUT2D eigenvalue weighted by molar-refractivity contribution is 0.0505. The van der Waals surface area contributed by atoms with Gasteiger partial charge in [-0.2, -0.15) is 0 Å². The summed E-state index contributed by atoms with van der Waals surface area (Å²) in [5, 5.41) is 3.57. The molecule has 0 aliphatic carbocycles. The Bertz CT molecular complexity index is 512. The molecule has 1 aromatic rings. The van der Waals surface area contributed by atoms with Crippen molar-refractivity contribution in [3.05, 3.63) is 34.3 Å². The molecule has 1 rings (SSSR count). The van der Waals surface area contributed by atoms with Crippen LogP contribution in [0.5, 0.6) is 0 Å². The van der Waals surface area contributed by atoms with Gasteiger partial charge in [0.2, 0.25) is 0 Å². The molecule has 124 valence electrons. The van der Waals surface area contributed by atoms with Gasteiger partial charge in [0.1, 0.15) is 5.60 Å². The van der Waals surface area contributed by atoms with Crippen LogP contribution in [0.25, 0.3) is 0 Å². The maximum atomic E-state index is 11.7. The number of carbonyl (C=O) groups excluding carboxylic acids is 1. The summed E-state index contributed by atoms with van der Waals surface area (Å²) < 4.78 is 5.23. The van der Waals surface area contributed by atoms with E-state index in [-0.39, 0.29) is 12.1 Å². The number of hydrogen-bond acceptors (Lipinski definition) is 3. The monoisotopic (exact) mass is 326 g/mol. The fourth-order valence-corrected chi connectivity index (χ4v) is 2.36. The third kappa shape index (κ3) is 7.14. The van der Waals surface area contributed by atoms with Gasteiger partial charge < -0.3 is 15.8 Å². The zero-order valence-electron chi connectivity index (χ0n) is 14.1. The second-order valence-electron chi connectivity index (χ2n) is 6.83. The van der Waals surface area contributed by atoms with Crippen molar-refractivity contribution in [1.82, 2.24) is 5.32 Å². The number of alkyl carbamates (subject to hydrolysis) is 1. The van der Waals surface area contributed by atoms with Crippen molar-refractivity contribution < 1.29 is 9.53 Å². The standard InChI is InChI=1S/C17H27ClN2O2/c1-11-8-13(6-7-15(11)18)10-14(19)9-12(2)20-16(21)22-17(3,4)5/h6-8,12,14H,9-10,19H2,1-5H3,(H,20,21). The van der Waals surface area contributed by atoms with Crippen LogP contribution in [0.2, 0.25) is 5.02 Å². The molecule has 0 aliphatic rings. The molecular weight excluding hydrogens is 300 g/mol. The molecule has 5 heteroatoms. The van der Waals surface area contributed by atoms with E-state index in [1.807, 2.05) is 52.8 Å². The van der Waals surface area contributed by atoms with Crippen molar-refractivity contribution in [2.24, 2.45) is 5.73 Å². The summed E-state index contributed by atoms with van der Waals surface area (Å²) in [6.07, 6.45) is 1.02. The van der Waals surface area contributed by atoms with Crippen LogP contribution in [0.3, 0.4) is 0 Å². The van der Waals surface area contributed by atoms with E-state index in [1.54, 1.807) is 0 Å². The highest BCUT2D eigenvalue weighted by atomic mass is 35.5. The summed E-state index contributed by atoms with van der Waals surface area (Å²) in [5.41, 5.74) is 7.88. The minimum Gasteiger partial charge on any atom is -0.444 e. The number of aryl methyl sites for hydroxylation is 1. The van der Waals surface area contributed by atoms with Crippen molar-refractivity contribution in [3.63, 3.8) is 0 Å². The summed E-state index contributed by atoms with van der Waals surface area (Å²) in [5.74, 6) is 0. The first-order valence-electron chi connectivity index (χ1n) is 7.57. The molecule has 4 nitrogen and oxygen atoms in total. The van der Waals surface area contributed by atoms with Crippen LogP contribution in [0.4, 0.5) is 4.79 Å². The van der Waals surface area contributed by atoms with Gasteiger partial charge in [-0.15, -0.1) is 0 Å². The van der Waals surface area contributed by atoms with Crippen LogP contribution in [0.15, 0.2) is 18.2 Å². The van der Waals surface area contributed by atoms with Gasteiger partial charge >= 0.3 is 6.09 Å². The Hall–Kier alpha value is -1.26. The van der Waals surface area contributed by atoms with Crippen molar-refractivity contribution in [2.45, 2.75) is 65.1 Å². The zero-order chi connectivity index (χ0) is 16.9. The molecule has 1 amide bonds. The molecule has 2 unspecified atom stereocenters. The maximum absolute atomic E-state index is 11.7. The molecule has 22 heavy (non-hydrogen) atoms. The second kappa shape index (κ2) is 7.84. The summed E-state index contributed by atoms with van der Waals surface area (Å²) >= 11 is 6.02. The number of halogens is 1. The van der Waals surface area contributed by atoms with Crippen molar-refractivity contribution in [3.8, 4) is 0 Å². The molecule has 0 radical (unpaired) electrons. The van der Waals surface area contributed by atoms with Crippen molar-refractivity contribution in [1.29, 1.82) is 0 Å². The van der Waals surface area contributed by atoms with Gasteiger partial charge in [0.25, 0.3) is 0 Å². The van der Waals surface area contributed by atoms with Gasteiger partial charge in [-0.05, 0) is 64.7 Å². The molecule has 2 atom stereocenters. The lowest BCUT2D eigenvalue weighted by atomic mass is 10.00. The van der Waals surface area contributed by atoms with E-state index < -0.39 is 11.7 Å². The van der Waals surface area contributed by atoms with E-state index in [2.05, 4.69) is 5.32 Å². The van der Waals surface area contributed by atoms with E-state index in [1.165, 1.54) is 0 Å². The smallest absolute Gasteiger partial charge is 0.407 e. The number of nitrogens with two attached hydrogens (primary N) is 1. The molecule has 0 spiro atoms. The molecule has 0 aromatic heterocycles. The molecule has 0 saturated heterocycles. The number of benzene rings is 1. The lowest BCUT2D eigenvalue weighted by Crippen LogP contribution is -2.41. The van der Waals surface area contributed by atoms with Crippen LogP contribution in [0, 0.1) is 6.92 Å². The Morgan fingerprint density at radius 2 is 2.05 bits per heavy atom. The average molecular weight is 327 g/mol. The molecular formula is C17H27ClN2O2. The fourth-order valence-electron chi connectivity index (χ4n) is 2.24. The third-order valence-electron chi connectivity index (χ3n) is 3.14. The number of ether oxygens (including phenoxy) is 1. The Morgan fingerprint density at radius 3 is 2.59 bits per heavy atom. The Labute approximate surface area is 138 Å². The first kappa shape index (κ1) is 18.8. The topological polar surface area (TPSA) is 64.3 Å². The van der Waals surface area contributed by atoms with E-state index in [0.717, 1.165) is 22.6 Å². The Kier molecular flexibility index (Phi) is 6.69. The van der Waals surface area contributed by atoms with Gasteiger partial charge in [0, 0.05) is 17.1 Å². The van der Waals surface area contributed by atoms with Crippen molar-refractivity contribution >= 4 is 17.7 Å². The summed E-state index contributed by atoms with van der Waals surface area (Å²) in [7, 11) is 0. The number of hydrogen-bond donors (Lipinski definition) is 2. The van der Waals surface area contributed by atoms with Crippen LogP contribution in [-0.2, 0) is 11.2 Å². The van der Waals surface area contributed by atoms with Gasteiger partial charge in [-0.1, -0.05) is 23.7 Å². The van der Waals surface area contributed by atoms with Crippen LogP contribution in [0.1, 0.15) is 45.2 Å². The largest absolute Gasteiger partial charge is 0.444 e. The van der Waals surface area contributed by atoms with E-state index in [0.29, 0.717) is 6.42 Å². The Morgan fingerprint density at radius 1 is 1.41 bits per heavy atom. The predicted molar refractivity (Wildman–Crippen MR) is 91.3 cm³/mol. The highest BCUT2D eigenvalue weighted by Crippen LogP contribution is 2.17. The van der Waals surface area contributed by atoms with E-state index in [9.17, 15) is 4.79 Å². The molecule has 0 bridgehead atoms. The van der Waals surface area contributed by atoms with Gasteiger partial charge in [-0.25, -0.2) is 4.79 Å². The average Bonchev–Trinajstić information content (AvgIpc) is 2.30. The number of rotatable bonds is 5. The van der Waals surface area contributed by atoms with Crippen LogP contribution < -0.4 is 11.1 Å². The predicted octanol–water partition coefficient (Wildman–Crippen LogP) is 3.82. The van der Waals surface area contributed by atoms with Gasteiger partial charge in [-0.3, -0.25) is 0 Å². The summed E-state index contributed by atoms with van der Waals surface area (Å²) in [6.45, 7) is 9.42. The minimum atomic E-state index is -0.493. The Balaban J connectivity index is 2.45. The van der Waals surface area contributed by atoms with Gasteiger partial charge in [0.05, 0.1) is 0 Å². The first-order valence-corrected chi connectivity index (χ1v) is 7.95. The number of amides is 1. The second-order valence-corrected chi connectivity index (χ2v) is 7.24. The normalized spacial score (nSPS) is 14.3. The van der Waals surface area contributed by atoms with E-state index in [4.69, 9.17) is 22.1 Å². The zero-order valence-corrected chi connectivity index (χ0v) is 14.8. The quantitative estimate of drug-likeness (QED) is 0.864. The van der Waals surface area contributed by atoms with Crippen molar-refractivity contribution in [2.75, 3.05) is 0 Å². The summed E-state index contributed by atoms with van der Waals surface area (Å²) in [6, 6.07) is 5.85. The first-order chi connectivity index (χ1) is 10.1. The van der Waals surface area contributed by atoms with Crippen LogP contribution >= 0.6 is 11.6 Å². The fraction of sp³-hybridized carbons (Fsp3) is 0.588. The maximum Gasteiger partial charge on any atom is 0.407 e. The molecule has 0 aliphatic heterocycles. The molecule has 0 heterocycles. The van der Waals surface area contributed by atoms with Crippen LogP contribution in [-0.4, -0.2) is 23.8 Å². The lowest BCUT2D eigenvalue weighted by Gasteiger charge is -2.23. The minimum absolute atomic E-state index is 0.0366. The molecule has 0 fully saturated rings. The molecule has 0 saturated carbocycles. The molecule has 1 aromatic carbocycles. The number of nitrogens with one attached hydrogen (secondary N) is 1. The summed E-state index contributed by atoms with van der Waals surface area (Å²) in [4.78, 5) is 11.7. The van der Waals surface area contributed by atoms with E-state index >= 15 is 0 Å².